The molecular weight excluding hydrogens is 262 g/mol. The van der Waals surface area contributed by atoms with E-state index in [0.29, 0.717) is 18.8 Å². The molecule has 1 aliphatic rings. The van der Waals surface area contributed by atoms with Crippen LogP contribution < -0.4 is 11.1 Å². The van der Waals surface area contributed by atoms with E-state index >= 15 is 0 Å². The Morgan fingerprint density at radius 1 is 1.53 bits per heavy atom. The first kappa shape index (κ1) is 14.4. The molecule has 0 saturated heterocycles. The zero-order chi connectivity index (χ0) is 13.7. The number of aliphatic hydroxyl groups excluding tert-OH is 1. The van der Waals surface area contributed by atoms with Crippen LogP contribution in [-0.2, 0) is 6.54 Å². The molecule has 1 amide bonds. The van der Waals surface area contributed by atoms with E-state index < -0.39 is 0 Å². The summed E-state index contributed by atoms with van der Waals surface area (Å²) in [4.78, 5) is 16.2. The minimum absolute atomic E-state index is 0.0805. The van der Waals surface area contributed by atoms with Crippen molar-refractivity contribution in [3.63, 3.8) is 0 Å². The minimum Gasteiger partial charge on any atom is -0.396 e. The average molecular weight is 283 g/mol. The summed E-state index contributed by atoms with van der Waals surface area (Å²) >= 11 is 1.41. The zero-order valence-electron chi connectivity index (χ0n) is 11.0. The monoisotopic (exact) mass is 283 g/mol. The molecule has 0 aromatic carbocycles. The maximum Gasteiger partial charge on any atom is 0.270 e. The summed E-state index contributed by atoms with van der Waals surface area (Å²) in [5.74, 6) is -0.139. The van der Waals surface area contributed by atoms with E-state index in [1.807, 2.05) is 0 Å². The van der Waals surface area contributed by atoms with Gasteiger partial charge in [-0.2, -0.15) is 0 Å². The molecule has 0 unspecified atom stereocenters. The van der Waals surface area contributed by atoms with E-state index in [9.17, 15) is 9.90 Å². The Balaban J connectivity index is 1.91. The van der Waals surface area contributed by atoms with Crippen molar-refractivity contribution in [2.45, 2.75) is 38.6 Å². The van der Waals surface area contributed by atoms with Gasteiger partial charge in [0.05, 0.1) is 0 Å². The lowest BCUT2D eigenvalue weighted by atomic mass is 9.83. The molecule has 1 aromatic rings. The molecule has 1 aliphatic carbocycles. The molecule has 6 heteroatoms. The third-order valence-electron chi connectivity index (χ3n) is 3.89. The van der Waals surface area contributed by atoms with Crippen molar-refractivity contribution >= 4 is 17.2 Å². The highest BCUT2D eigenvalue weighted by molar-refractivity contribution is 7.09. The summed E-state index contributed by atoms with van der Waals surface area (Å²) in [5, 5.41) is 14.6. The number of aromatic nitrogens is 1. The largest absolute Gasteiger partial charge is 0.396 e. The summed E-state index contributed by atoms with van der Waals surface area (Å²) in [6, 6.07) is 0. The number of nitrogens with zero attached hydrogens (tertiary/aromatic N) is 1. The number of rotatable bonds is 6. The molecule has 0 spiro atoms. The maximum atomic E-state index is 12.0. The zero-order valence-corrected chi connectivity index (χ0v) is 11.8. The van der Waals surface area contributed by atoms with Gasteiger partial charge in [-0.15, -0.1) is 11.3 Å². The van der Waals surface area contributed by atoms with Crippen molar-refractivity contribution in [3.05, 3.63) is 16.1 Å². The molecule has 4 N–H and O–H groups in total. The molecule has 106 valence electrons. The number of aliphatic hydroxyl groups is 1. The summed E-state index contributed by atoms with van der Waals surface area (Å²) in [6.07, 6.45) is 5.30. The van der Waals surface area contributed by atoms with Crippen LogP contribution in [0.4, 0.5) is 0 Å². The van der Waals surface area contributed by atoms with Gasteiger partial charge in [-0.05, 0) is 24.7 Å². The lowest BCUT2D eigenvalue weighted by molar-refractivity contribution is 0.0912. The fraction of sp³-hybridized carbons (Fsp3) is 0.692. The number of carbonyl (C=O) groups is 1. The van der Waals surface area contributed by atoms with Gasteiger partial charge >= 0.3 is 0 Å². The molecule has 1 heterocycles. The molecule has 1 aromatic heterocycles. The minimum atomic E-state index is -0.139. The lowest BCUT2D eigenvalue weighted by Crippen LogP contribution is -2.36. The molecule has 19 heavy (non-hydrogen) atoms. The van der Waals surface area contributed by atoms with Crippen molar-refractivity contribution in [2.75, 3.05) is 13.2 Å². The topological polar surface area (TPSA) is 88.2 Å². The molecule has 0 bridgehead atoms. The van der Waals surface area contributed by atoms with Gasteiger partial charge in [-0.1, -0.05) is 12.8 Å². The summed E-state index contributed by atoms with van der Waals surface area (Å²) < 4.78 is 0. The van der Waals surface area contributed by atoms with Gasteiger partial charge < -0.3 is 16.2 Å². The number of nitrogens with one attached hydrogen (secondary N) is 1. The van der Waals surface area contributed by atoms with E-state index in [2.05, 4.69) is 10.3 Å². The van der Waals surface area contributed by atoms with Crippen LogP contribution in [0.1, 0.15) is 47.6 Å². The van der Waals surface area contributed by atoms with Crippen LogP contribution in [0.2, 0.25) is 0 Å². The highest BCUT2D eigenvalue weighted by Crippen LogP contribution is 2.40. The van der Waals surface area contributed by atoms with Crippen LogP contribution in [0.3, 0.4) is 0 Å². The smallest absolute Gasteiger partial charge is 0.270 e. The van der Waals surface area contributed by atoms with Crippen LogP contribution in [0, 0.1) is 5.41 Å². The molecule has 1 saturated carbocycles. The molecule has 1 fully saturated rings. The first-order valence-electron chi connectivity index (χ1n) is 6.73. The second-order valence-electron chi connectivity index (χ2n) is 5.19. The number of amides is 1. The Morgan fingerprint density at radius 2 is 2.26 bits per heavy atom. The van der Waals surface area contributed by atoms with Crippen LogP contribution in [-0.4, -0.2) is 29.1 Å². The van der Waals surface area contributed by atoms with E-state index in [1.165, 1.54) is 24.2 Å². The number of thiazole rings is 1. The van der Waals surface area contributed by atoms with Crippen LogP contribution >= 0.6 is 11.3 Å². The first-order chi connectivity index (χ1) is 9.19. The van der Waals surface area contributed by atoms with Gasteiger partial charge in [0.15, 0.2) is 0 Å². The highest BCUT2D eigenvalue weighted by atomic mass is 32.1. The normalized spacial score (nSPS) is 17.6. The van der Waals surface area contributed by atoms with Crippen LogP contribution in [0.25, 0.3) is 0 Å². The molecule has 5 nitrogen and oxygen atoms in total. The van der Waals surface area contributed by atoms with Gasteiger partial charge in [0.1, 0.15) is 10.7 Å². The lowest BCUT2D eigenvalue weighted by Gasteiger charge is -2.28. The molecule has 0 aliphatic heterocycles. The Kier molecular flexibility index (Phi) is 4.90. The fourth-order valence-electron chi connectivity index (χ4n) is 2.74. The predicted molar refractivity (Wildman–Crippen MR) is 74.9 cm³/mol. The van der Waals surface area contributed by atoms with E-state index in [4.69, 9.17) is 5.73 Å². The predicted octanol–water partition coefficient (Wildman–Crippen LogP) is 1.27. The highest BCUT2D eigenvalue weighted by Gasteiger charge is 2.33. The SMILES string of the molecule is NCc1nc(C(=O)NCC2(CCO)CCCC2)cs1. The Labute approximate surface area is 117 Å². The quantitative estimate of drug-likeness (QED) is 0.733. The molecular formula is C13H21N3O2S. The third kappa shape index (κ3) is 3.52. The average Bonchev–Trinajstić information content (AvgIpc) is 3.06. The van der Waals surface area contributed by atoms with E-state index in [-0.39, 0.29) is 17.9 Å². The van der Waals surface area contributed by atoms with E-state index in [0.717, 1.165) is 24.3 Å². The summed E-state index contributed by atoms with van der Waals surface area (Å²) in [5.41, 5.74) is 6.01. The Hall–Kier alpha value is -0.980. The van der Waals surface area contributed by atoms with Crippen molar-refractivity contribution < 1.29 is 9.90 Å². The van der Waals surface area contributed by atoms with E-state index in [1.54, 1.807) is 5.38 Å². The second-order valence-corrected chi connectivity index (χ2v) is 6.14. The number of carbonyl (C=O) groups excluding carboxylic acids is 1. The molecule has 0 radical (unpaired) electrons. The fourth-order valence-corrected chi connectivity index (χ4v) is 3.40. The van der Waals surface area contributed by atoms with Gasteiger partial charge in [0.2, 0.25) is 0 Å². The summed E-state index contributed by atoms with van der Waals surface area (Å²) in [7, 11) is 0. The third-order valence-corrected chi connectivity index (χ3v) is 4.76. The van der Waals surface area contributed by atoms with Gasteiger partial charge in [0.25, 0.3) is 5.91 Å². The van der Waals surface area contributed by atoms with Crippen LogP contribution in [0.5, 0.6) is 0 Å². The van der Waals surface area contributed by atoms with Gasteiger partial charge in [0, 0.05) is 25.1 Å². The van der Waals surface area contributed by atoms with Crippen molar-refractivity contribution in [1.29, 1.82) is 0 Å². The maximum absolute atomic E-state index is 12.0. The summed E-state index contributed by atoms with van der Waals surface area (Å²) in [6.45, 7) is 1.18. The first-order valence-corrected chi connectivity index (χ1v) is 7.61. The molecule has 0 atom stereocenters. The molecule has 2 rings (SSSR count). The Bertz CT molecular complexity index is 427. The van der Waals surface area contributed by atoms with Crippen molar-refractivity contribution in [1.82, 2.24) is 10.3 Å². The Morgan fingerprint density at radius 3 is 2.84 bits per heavy atom. The van der Waals surface area contributed by atoms with Crippen molar-refractivity contribution in [2.24, 2.45) is 11.1 Å². The number of hydrogen-bond donors (Lipinski definition) is 3. The van der Waals surface area contributed by atoms with Gasteiger partial charge in [-0.25, -0.2) is 4.98 Å². The van der Waals surface area contributed by atoms with Crippen molar-refractivity contribution in [3.8, 4) is 0 Å². The second kappa shape index (κ2) is 6.45. The van der Waals surface area contributed by atoms with Gasteiger partial charge in [-0.3, -0.25) is 4.79 Å². The number of hydrogen-bond acceptors (Lipinski definition) is 5. The standard InChI is InChI=1S/C13H21N3O2S/c14-7-11-16-10(8-19-11)12(18)15-9-13(5-6-17)3-1-2-4-13/h8,17H,1-7,9,14H2,(H,15,18). The number of nitrogens with two attached hydrogens (primary N) is 1. The van der Waals surface area contributed by atoms with Crippen LogP contribution in [0.15, 0.2) is 5.38 Å².